The molecule has 0 amide bonds. The molecular formula is C28H31N5O4. The Morgan fingerprint density at radius 3 is 2.68 bits per heavy atom. The van der Waals surface area contributed by atoms with Crippen LogP contribution in [0, 0.1) is 11.3 Å². The molecule has 0 N–H and O–H groups in total. The summed E-state index contributed by atoms with van der Waals surface area (Å²) in [6, 6.07) is 12.4. The van der Waals surface area contributed by atoms with Crippen molar-refractivity contribution in [2.45, 2.75) is 44.8 Å². The Bertz CT molecular complexity index is 1460. The molecule has 9 nitrogen and oxygen atoms in total. The fourth-order valence-electron chi connectivity index (χ4n) is 6.07. The molecule has 2 aromatic heterocycles. The summed E-state index contributed by atoms with van der Waals surface area (Å²) in [6.45, 7) is 7.54. The molecule has 0 aliphatic carbocycles. The molecule has 0 spiro atoms. The van der Waals surface area contributed by atoms with Crippen molar-refractivity contribution in [1.29, 1.82) is 5.26 Å². The summed E-state index contributed by atoms with van der Waals surface area (Å²) in [6.07, 6.45) is 1.91. The number of rotatable bonds is 4. The fourth-order valence-corrected chi connectivity index (χ4v) is 6.07. The van der Waals surface area contributed by atoms with Crippen LogP contribution < -0.4 is 24.7 Å². The highest BCUT2D eigenvalue weighted by molar-refractivity contribution is 5.93. The fraction of sp³-hybridized carbons (Fsp3) is 0.464. The predicted octanol–water partition coefficient (Wildman–Crippen LogP) is 3.39. The Kier molecular flexibility index (Phi) is 5.92. The highest BCUT2D eigenvalue weighted by Crippen LogP contribution is 2.42. The van der Waals surface area contributed by atoms with E-state index >= 15 is 0 Å². The molecule has 192 valence electrons. The van der Waals surface area contributed by atoms with Crippen LogP contribution in [0.5, 0.6) is 17.2 Å². The quantitative estimate of drug-likeness (QED) is 0.537. The molecule has 0 saturated carbocycles. The van der Waals surface area contributed by atoms with Gasteiger partial charge in [-0.25, -0.2) is 4.98 Å². The molecule has 6 rings (SSSR count). The van der Waals surface area contributed by atoms with E-state index < -0.39 is 0 Å². The van der Waals surface area contributed by atoms with Gasteiger partial charge in [-0.3, -0.25) is 9.69 Å². The first kappa shape index (κ1) is 23.6. The first-order valence-electron chi connectivity index (χ1n) is 13.0. The van der Waals surface area contributed by atoms with Gasteiger partial charge in [0.2, 0.25) is 5.75 Å². The third kappa shape index (κ3) is 3.78. The van der Waals surface area contributed by atoms with Gasteiger partial charge in [0.15, 0.2) is 11.5 Å². The van der Waals surface area contributed by atoms with E-state index in [4.69, 9.17) is 14.2 Å². The van der Waals surface area contributed by atoms with E-state index in [2.05, 4.69) is 46.8 Å². The third-order valence-electron chi connectivity index (χ3n) is 7.94. The molecule has 0 bridgehead atoms. The van der Waals surface area contributed by atoms with Crippen LogP contribution in [0.2, 0.25) is 0 Å². The lowest BCUT2D eigenvalue weighted by molar-refractivity contribution is 0.0717. The number of aromatic nitrogens is 2. The number of hydrogen-bond donors (Lipinski definition) is 0. The highest BCUT2D eigenvalue weighted by Gasteiger charge is 2.42. The van der Waals surface area contributed by atoms with Crippen LogP contribution in [0.3, 0.4) is 0 Å². The van der Waals surface area contributed by atoms with Crippen molar-refractivity contribution in [3.05, 3.63) is 51.9 Å². The summed E-state index contributed by atoms with van der Waals surface area (Å²) in [4.78, 5) is 22.7. The van der Waals surface area contributed by atoms with Crippen LogP contribution in [0.4, 0.5) is 5.69 Å². The maximum atomic E-state index is 13.2. The van der Waals surface area contributed by atoms with E-state index in [1.165, 1.54) is 5.56 Å². The van der Waals surface area contributed by atoms with Crippen LogP contribution in [0.1, 0.15) is 44.0 Å². The van der Waals surface area contributed by atoms with Crippen molar-refractivity contribution >= 4 is 16.7 Å². The van der Waals surface area contributed by atoms with Crippen molar-refractivity contribution in [2.24, 2.45) is 7.05 Å². The minimum atomic E-state index is -0.175. The number of benzene rings is 1. The molecule has 3 aliphatic heterocycles. The third-order valence-corrected chi connectivity index (χ3v) is 7.94. The molecule has 1 fully saturated rings. The van der Waals surface area contributed by atoms with E-state index in [1.54, 1.807) is 23.7 Å². The van der Waals surface area contributed by atoms with E-state index in [-0.39, 0.29) is 23.7 Å². The van der Waals surface area contributed by atoms with Crippen molar-refractivity contribution in [1.82, 2.24) is 14.5 Å². The Balaban J connectivity index is 1.39. The van der Waals surface area contributed by atoms with Gasteiger partial charge in [0.1, 0.15) is 42.8 Å². The number of ether oxygens (including phenoxy) is 3. The first-order valence-corrected chi connectivity index (χ1v) is 13.0. The zero-order valence-electron chi connectivity index (χ0n) is 21.4. The number of hydrogen-bond acceptors (Lipinski definition) is 8. The summed E-state index contributed by atoms with van der Waals surface area (Å²) in [5, 5.41) is 9.49. The van der Waals surface area contributed by atoms with E-state index in [9.17, 15) is 10.1 Å². The molecule has 1 aromatic carbocycles. The number of piperazine rings is 1. The Morgan fingerprint density at radius 1 is 1.11 bits per heavy atom. The second-order valence-electron chi connectivity index (χ2n) is 9.92. The predicted molar refractivity (Wildman–Crippen MR) is 140 cm³/mol. The van der Waals surface area contributed by atoms with Gasteiger partial charge in [-0.05, 0) is 42.7 Å². The first-order chi connectivity index (χ1) is 18.0. The van der Waals surface area contributed by atoms with Gasteiger partial charge in [0, 0.05) is 32.2 Å². The summed E-state index contributed by atoms with van der Waals surface area (Å²) in [5.74, 6) is 1.94. The molecule has 3 atom stereocenters. The number of fused-ring (bicyclic) bond motifs is 6. The Morgan fingerprint density at radius 2 is 1.92 bits per heavy atom. The van der Waals surface area contributed by atoms with E-state index in [1.807, 2.05) is 6.07 Å². The Labute approximate surface area is 215 Å². The average molecular weight is 502 g/mol. The van der Waals surface area contributed by atoms with Gasteiger partial charge >= 0.3 is 0 Å². The van der Waals surface area contributed by atoms with Crippen LogP contribution in [-0.2, 0) is 7.05 Å². The van der Waals surface area contributed by atoms with Crippen molar-refractivity contribution in [3.63, 3.8) is 0 Å². The molecule has 5 heterocycles. The number of nitrogens with zero attached hydrogens (tertiary/aromatic N) is 5. The Hall–Kier alpha value is -3.77. The molecule has 3 aliphatic rings. The lowest BCUT2D eigenvalue weighted by Crippen LogP contribution is -2.62. The summed E-state index contributed by atoms with van der Waals surface area (Å²) in [7, 11) is 1.72. The molecule has 1 saturated heterocycles. The van der Waals surface area contributed by atoms with Crippen molar-refractivity contribution in [2.75, 3.05) is 37.8 Å². The zero-order valence-corrected chi connectivity index (χ0v) is 21.4. The maximum absolute atomic E-state index is 13.2. The molecule has 3 aromatic rings. The zero-order chi connectivity index (χ0) is 25.7. The van der Waals surface area contributed by atoms with Gasteiger partial charge in [-0.15, -0.1) is 0 Å². The average Bonchev–Trinajstić information content (AvgIpc) is 2.95. The van der Waals surface area contributed by atoms with E-state index in [0.717, 1.165) is 43.1 Å². The highest BCUT2D eigenvalue weighted by atomic mass is 16.6. The van der Waals surface area contributed by atoms with Gasteiger partial charge < -0.3 is 23.7 Å². The summed E-state index contributed by atoms with van der Waals surface area (Å²) in [5.41, 5.74) is 3.43. The molecule has 9 heteroatoms. The second kappa shape index (κ2) is 9.27. The maximum Gasteiger partial charge on any atom is 0.295 e. The minimum Gasteiger partial charge on any atom is -0.486 e. The molecular weight excluding hydrogens is 470 g/mol. The number of nitriles is 1. The molecule has 0 unspecified atom stereocenters. The topological polar surface area (TPSA) is 92.9 Å². The number of anilines is 1. The minimum absolute atomic E-state index is 0.0596. The van der Waals surface area contributed by atoms with Crippen molar-refractivity contribution < 1.29 is 14.2 Å². The SMILES string of the molecule is CC[C@@H]1CN2c3c(c(=O)n(C)c4ccc(C#N)nc34)OC[C@@H]2CN1[C@@H](CC)c1ccc2c(c1)OCCO2. The monoisotopic (exact) mass is 501 g/mol. The molecule has 37 heavy (non-hydrogen) atoms. The van der Waals surface area contributed by atoms with Crippen LogP contribution in [0.25, 0.3) is 11.0 Å². The largest absolute Gasteiger partial charge is 0.486 e. The lowest BCUT2D eigenvalue weighted by atomic mass is 9.94. The lowest BCUT2D eigenvalue weighted by Gasteiger charge is -2.51. The summed E-state index contributed by atoms with van der Waals surface area (Å²) >= 11 is 0. The standard InChI is InChI=1S/C28H31N5O4/c1-4-19-14-33-20(15-32(19)21(5-2)17-6-9-23-24(12-17)36-11-10-35-23)16-37-27-26(33)25-22(31(3)28(27)34)8-7-18(13-29)30-25/h6-9,12,19-21H,4-5,10-11,14-16H2,1-3H3/t19-,20+,21+/m1/s1. The van der Waals surface area contributed by atoms with Gasteiger partial charge in [-0.2, -0.15) is 5.26 Å². The number of aryl methyl sites for hydroxylation is 1. The van der Waals surface area contributed by atoms with E-state index in [0.29, 0.717) is 42.3 Å². The van der Waals surface area contributed by atoms with Gasteiger partial charge in [-0.1, -0.05) is 19.9 Å². The smallest absolute Gasteiger partial charge is 0.295 e. The number of pyridine rings is 2. The molecule has 0 radical (unpaired) electrons. The normalized spacial score (nSPS) is 21.5. The van der Waals surface area contributed by atoms with Crippen LogP contribution in [-0.4, -0.2) is 59.4 Å². The van der Waals surface area contributed by atoms with Crippen LogP contribution in [0.15, 0.2) is 35.1 Å². The van der Waals surface area contributed by atoms with Gasteiger partial charge in [0.25, 0.3) is 5.56 Å². The summed E-state index contributed by atoms with van der Waals surface area (Å²) < 4.78 is 19.3. The van der Waals surface area contributed by atoms with Crippen LogP contribution >= 0.6 is 0 Å². The second-order valence-corrected chi connectivity index (χ2v) is 9.92. The van der Waals surface area contributed by atoms with Gasteiger partial charge in [0.05, 0.1) is 11.6 Å². The van der Waals surface area contributed by atoms with Crippen molar-refractivity contribution in [3.8, 4) is 23.3 Å².